The molecule has 2 saturated carbocycles. The highest BCUT2D eigenvalue weighted by Crippen LogP contribution is 2.54. The molecule has 2 fully saturated rings. The largest absolute Gasteiger partial charge is 0.481 e. The summed E-state index contributed by atoms with van der Waals surface area (Å²) < 4.78 is 0. The van der Waals surface area contributed by atoms with E-state index in [0.717, 1.165) is 50.4 Å². The number of amides is 2. The van der Waals surface area contributed by atoms with E-state index in [-0.39, 0.29) is 24.8 Å². The van der Waals surface area contributed by atoms with Gasteiger partial charge in [-0.25, -0.2) is 0 Å². The zero-order valence-corrected chi connectivity index (χ0v) is 18.5. The minimum atomic E-state index is -0.727. The second-order valence-corrected chi connectivity index (χ2v) is 9.03. The Bertz CT molecular complexity index is 590. The average Bonchev–Trinajstić information content (AvgIpc) is 3.31. The standard InChI is InChI=1S/C24H40N2O4/c1-2-3-6-10-22(27)26-17-23(28)25-15-14-21-19-13-12-18(16-19)20(21)9-7-4-5-8-11-24(29)30/h4,7,18-21H,2-3,5-6,8-17H2,1H3,(H,25,28)(H,26,27)(H,29,30)/t18-,19+,20-,21+/m0/s1. The summed E-state index contributed by atoms with van der Waals surface area (Å²) in [6.45, 7) is 2.85. The van der Waals surface area contributed by atoms with Crippen LogP contribution in [0.5, 0.6) is 0 Å². The van der Waals surface area contributed by atoms with Gasteiger partial charge in [0, 0.05) is 19.4 Å². The lowest BCUT2D eigenvalue weighted by atomic mass is 9.76. The molecule has 3 N–H and O–H groups in total. The van der Waals surface area contributed by atoms with Gasteiger partial charge in [0.05, 0.1) is 6.54 Å². The van der Waals surface area contributed by atoms with Gasteiger partial charge in [0.15, 0.2) is 0 Å². The molecule has 170 valence electrons. The van der Waals surface area contributed by atoms with E-state index in [0.29, 0.717) is 31.2 Å². The molecule has 4 atom stereocenters. The number of carboxylic acids is 1. The van der Waals surface area contributed by atoms with Crippen LogP contribution in [0.15, 0.2) is 12.2 Å². The lowest BCUT2D eigenvalue weighted by Gasteiger charge is -2.30. The fourth-order valence-electron chi connectivity index (χ4n) is 5.33. The van der Waals surface area contributed by atoms with Crippen molar-refractivity contribution in [3.63, 3.8) is 0 Å². The Morgan fingerprint density at radius 1 is 0.933 bits per heavy atom. The van der Waals surface area contributed by atoms with Crippen LogP contribution in [0.2, 0.25) is 0 Å². The van der Waals surface area contributed by atoms with Crippen LogP contribution in [-0.2, 0) is 14.4 Å². The highest BCUT2D eigenvalue weighted by Gasteiger charge is 2.46. The predicted molar refractivity (Wildman–Crippen MR) is 118 cm³/mol. The number of fused-ring (bicyclic) bond motifs is 2. The van der Waals surface area contributed by atoms with Crippen molar-refractivity contribution < 1.29 is 19.5 Å². The molecule has 0 aromatic heterocycles. The maximum atomic E-state index is 12.0. The van der Waals surface area contributed by atoms with Crippen LogP contribution < -0.4 is 10.6 Å². The Morgan fingerprint density at radius 2 is 1.70 bits per heavy atom. The molecule has 2 bridgehead atoms. The lowest BCUT2D eigenvalue weighted by molar-refractivity contribution is -0.137. The molecule has 30 heavy (non-hydrogen) atoms. The zero-order chi connectivity index (χ0) is 21.8. The van der Waals surface area contributed by atoms with Crippen LogP contribution in [0, 0.1) is 23.7 Å². The van der Waals surface area contributed by atoms with Gasteiger partial charge >= 0.3 is 5.97 Å². The number of carboxylic acid groups (broad SMARTS) is 1. The maximum absolute atomic E-state index is 12.0. The number of allylic oxidation sites excluding steroid dienone is 2. The molecule has 2 aliphatic carbocycles. The van der Waals surface area contributed by atoms with Gasteiger partial charge < -0.3 is 15.7 Å². The third kappa shape index (κ3) is 8.49. The molecule has 6 nitrogen and oxygen atoms in total. The summed E-state index contributed by atoms with van der Waals surface area (Å²) in [6.07, 6.45) is 15.7. The van der Waals surface area contributed by atoms with Crippen LogP contribution >= 0.6 is 0 Å². The average molecular weight is 421 g/mol. The molecule has 2 aliphatic rings. The van der Waals surface area contributed by atoms with E-state index >= 15 is 0 Å². The number of aliphatic carboxylic acids is 1. The van der Waals surface area contributed by atoms with Gasteiger partial charge in [-0.1, -0.05) is 31.9 Å². The third-order valence-corrected chi connectivity index (χ3v) is 6.86. The van der Waals surface area contributed by atoms with Crippen molar-refractivity contribution in [2.75, 3.05) is 13.1 Å². The van der Waals surface area contributed by atoms with Crippen LogP contribution in [-0.4, -0.2) is 36.0 Å². The number of nitrogens with one attached hydrogen (secondary N) is 2. The number of hydrogen-bond acceptors (Lipinski definition) is 3. The van der Waals surface area contributed by atoms with Crippen LogP contribution in [0.1, 0.15) is 84.0 Å². The Morgan fingerprint density at radius 3 is 2.43 bits per heavy atom. The summed E-state index contributed by atoms with van der Waals surface area (Å²) in [5.74, 6) is 2.08. The van der Waals surface area contributed by atoms with E-state index in [9.17, 15) is 14.4 Å². The van der Waals surface area contributed by atoms with Gasteiger partial charge in [-0.15, -0.1) is 0 Å². The molecule has 0 aromatic carbocycles. The van der Waals surface area contributed by atoms with Gasteiger partial charge in [-0.05, 0) is 75.0 Å². The molecular formula is C24H40N2O4. The number of carbonyl (C=O) groups is 3. The molecule has 0 heterocycles. The Labute approximate surface area is 181 Å². The number of carbonyl (C=O) groups excluding carboxylic acids is 2. The van der Waals surface area contributed by atoms with Gasteiger partial charge in [0.1, 0.15) is 0 Å². The SMILES string of the molecule is CCCCCC(=O)NCC(=O)NCC[C@@H]1[C@@H]2CC[C@@H](C2)[C@@H]1CC=CCCCC(=O)O. The minimum Gasteiger partial charge on any atom is -0.481 e. The molecule has 0 aromatic rings. The van der Waals surface area contributed by atoms with Crippen molar-refractivity contribution in [2.24, 2.45) is 23.7 Å². The summed E-state index contributed by atoms with van der Waals surface area (Å²) in [5.41, 5.74) is 0. The van der Waals surface area contributed by atoms with Crippen LogP contribution in [0.4, 0.5) is 0 Å². The smallest absolute Gasteiger partial charge is 0.303 e. The number of hydrogen-bond donors (Lipinski definition) is 3. The molecule has 0 aliphatic heterocycles. The van der Waals surface area contributed by atoms with Crippen molar-refractivity contribution in [3.05, 3.63) is 12.2 Å². The fourth-order valence-corrected chi connectivity index (χ4v) is 5.33. The summed E-state index contributed by atoms with van der Waals surface area (Å²) in [4.78, 5) is 34.3. The topological polar surface area (TPSA) is 95.5 Å². The molecular weight excluding hydrogens is 380 g/mol. The normalized spacial score (nSPS) is 25.0. The van der Waals surface area contributed by atoms with Crippen molar-refractivity contribution >= 4 is 17.8 Å². The molecule has 2 rings (SSSR count). The van der Waals surface area contributed by atoms with E-state index in [2.05, 4.69) is 29.7 Å². The summed E-state index contributed by atoms with van der Waals surface area (Å²) in [6, 6.07) is 0. The highest BCUT2D eigenvalue weighted by atomic mass is 16.4. The van der Waals surface area contributed by atoms with Gasteiger partial charge in [-0.3, -0.25) is 14.4 Å². The molecule has 0 saturated heterocycles. The monoisotopic (exact) mass is 420 g/mol. The third-order valence-electron chi connectivity index (χ3n) is 6.86. The van der Waals surface area contributed by atoms with Crippen LogP contribution in [0.3, 0.4) is 0 Å². The first-order valence-corrected chi connectivity index (χ1v) is 11.9. The number of rotatable bonds is 15. The summed E-state index contributed by atoms with van der Waals surface area (Å²) in [5, 5.41) is 14.4. The van der Waals surface area contributed by atoms with Crippen molar-refractivity contribution in [1.29, 1.82) is 0 Å². The zero-order valence-electron chi connectivity index (χ0n) is 18.5. The fraction of sp³-hybridized carbons (Fsp3) is 0.792. The predicted octanol–water partition coefficient (Wildman–Crippen LogP) is 4.05. The lowest BCUT2D eigenvalue weighted by Crippen LogP contribution is -2.38. The molecule has 2 amide bonds. The van der Waals surface area contributed by atoms with Crippen molar-refractivity contribution in [2.45, 2.75) is 84.0 Å². The second-order valence-electron chi connectivity index (χ2n) is 9.03. The van der Waals surface area contributed by atoms with E-state index in [4.69, 9.17) is 5.11 Å². The van der Waals surface area contributed by atoms with Crippen LogP contribution in [0.25, 0.3) is 0 Å². The van der Waals surface area contributed by atoms with Crippen molar-refractivity contribution in [3.8, 4) is 0 Å². The summed E-state index contributed by atoms with van der Waals surface area (Å²) in [7, 11) is 0. The van der Waals surface area contributed by atoms with Crippen molar-refractivity contribution in [1.82, 2.24) is 10.6 Å². The maximum Gasteiger partial charge on any atom is 0.303 e. The first-order chi connectivity index (χ1) is 14.5. The molecule has 0 unspecified atom stereocenters. The first-order valence-electron chi connectivity index (χ1n) is 11.9. The van der Waals surface area contributed by atoms with Gasteiger partial charge in [0.25, 0.3) is 0 Å². The molecule has 6 heteroatoms. The summed E-state index contributed by atoms with van der Waals surface area (Å²) >= 11 is 0. The quantitative estimate of drug-likeness (QED) is 0.275. The van der Waals surface area contributed by atoms with E-state index in [1.165, 1.54) is 19.3 Å². The molecule has 0 spiro atoms. The van der Waals surface area contributed by atoms with E-state index in [1.807, 2.05) is 0 Å². The Hall–Kier alpha value is -1.85. The Balaban J connectivity index is 1.64. The van der Waals surface area contributed by atoms with Gasteiger partial charge in [-0.2, -0.15) is 0 Å². The second kappa shape index (κ2) is 13.5. The first kappa shape index (κ1) is 24.4. The highest BCUT2D eigenvalue weighted by molar-refractivity contribution is 5.84. The minimum absolute atomic E-state index is 0.0399. The number of unbranched alkanes of at least 4 members (excludes halogenated alkanes) is 3. The van der Waals surface area contributed by atoms with E-state index in [1.54, 1.807) is 0 Å². The Kier molecular flexibility index (Phi) is 11.0. The van der Waals surface area contributed by atoms with E-state index < -0.39 is 5.97 Å². The molecule has 0 radical (unpaired) electrons. The van der Waals surface area contributed by atoms with Gasteiger partial charge in [0.2, 0.25) is 11.8 Å².